The van der Waals surface area contributed by atoms with Crippen LogP contribution in [0.15, 0.2) is 22.6 Å². The molecular weight excluding hydrogens is 304 g/mol. The first-order valence-corrected chi connectivity index (χ1v) is 8.46. The third kappa shape index (κ3) is 9.68. The summed E-state index contributed by atoms with van der Waals surface area (Å²) in [7, 11) is 1.43. The van der Waals surface area contributed by atoms with E-state index in [0.29, 0.717) is 17.9 Å². The Morgan fingerprint density at radius 1 is 1.12 bits per heavy atom. The minimum Gasteiger partial charge on any atom is -0.469 e. The van der Waals surface area contributed by atoms with Gasteiger partial charge in [-0.15, -0.1) is 0 Å². The molecule has 0 amide bonds. The molecule has 0 saturated carbocycles. The Morgan fingerprint density at radius 2 is 1.83 bits per heavy atom. The molecule has 1 aromatic rings. The number of hydrogen-bond acceptors (Lipinski definition) is 4. The second-order valence-corrected chi connectivity index (χ2v) is 5.65. The molecule has 0 atom stereocenters. The molecule has 0 spiro atoms. The molecular formula is C20H26O4. The van der Waals surface area contributed by atoms with Gasteiger partial charge < -0.3 is 9.15 Å². The molecule has 0 aliphatic carbocycles. The van der Waals surface area contributed by atoms with Crippen molar-refractivity contribution < 1.29 is 18.7 Å². The molecule has 1 rings (SSSR count). The van der Waals surface area contributed by atoms with Gasteiger partial charge in [-0.1, -0.05) is 31.6 Å². The van der Waals surface area contributed by atoms with Gasteiger partial charge in [0.25, 0.3) is 0 Å². The van der Waals surface area contributed by atoms with E-state index in [2.05, 4.69) is 16.6 Å². The summed E-state index contributed by atoms with van der Waals surface area (Å²) in [6.45, 7) is 1.50. The largest absolute Gasteiger partial charge is 0.469 e. The van der Waals surface area contributed by atoms with Crippen LogP contribution in [0.4, 0.5) is 0 Å². The standard InChI is InChI=1S/C20H26O4/c1-17(21)13-14-19-16-15-18(24-19)11-9-7-5-3-4-6-8-10-12-20(22)23-2/h13-16H,3-8,10,12H2,1-2H3. The monoisotopic (exact) mass is 330 g/mol. The molecule has 0 N–H and O–H groups in total. The summed E-state index contributed by atoms with van der Waals surface area (Å²) in [6, 6.07) is 3.62. The SMILES string of the molecule is COC(=O)CCCCCCCCC#Cc1ccc(C=CC(C)=O)o1. The van der Waals surface area contributed by atoms with Crippen LogP contribution in [0.1, 0.15) is 69.8 Å². The first-order chi connectivity index (χ1) is 11.6. The van der Waals surface area contributed by atoms with Crippen LogP contribution >= 0.6 is 0 Å². The van der Waals surface area contributed by atoms with E-state index >= 15 is 0 Å². The number of furan rings is 1. The van der Waals surface area contributed by atoms with Crippen molar-refractivity contribution in [1.82, 2.24) is 0 Å². The number of methoxy groups -OCH3 is 1. The lowest BCUT2D eigenvalue weighted by atomic mass is 10.1. The maximum absolute atomic E-state index is 10.9. The fraction of sp³-hybridized carbons (Fsp3) is 0.500. The Balaban J connectivity index is 2.09. The summed E-state index contributed by atoms with van der Waals surface area (Å²) in [6.07, 6.45) is 11.0. The zero-order valence-corrected chi connectivity index (χ0v) is 14.6. The Labute approximate surface area is 144 Å². The van der Waals surface area contributed by atoms with Gasteiger partial charge in [0, 0.05) is 12.8 Å². The van der Waals surface area contributed by atoms with Crippen molar-refractivity contribution in [3.63, 3.8) is 0 Å². The first-order valence-electron chi connectivity index (χ1n) is 8.46. The Bertz CT molecular complexity index is 599. The highest BCUT2D eigenvalue weighted by Gasteiger charge is 1.99. The highest BCUT2D eigenvalue weighted by Crippen LogP contribution is 2.10. The molecule has 4 nitrogen and oxygen atoms in total. The van der Waals surface area contributed by atoms with E-state index in [1.807, 2.05) is 6.07 Å². The van der Waals surface area contributed by atoms with Crippen LogP contribution in [0.25, 0.3) is 6.08 Å². The lowest BCUT2D eigenvalue weighted by Gasteiger charge is -2.00. The lowest BCUT2D eigenvalue weighted by molar-refractivity contribution is -0.140. The third-order valence-corrected chi connectivity index (χ3v) is 3.48. The van der Waals surface area contributed by atoms with Crippen molar-refractivity contribution in [3.05, 3.63) is 29.7 Å². The first kappa shape index (κ1) is 19.8. The second-order valence-electron chi connectivity index (χ2n) is 5.65. The number of rotatable bonds is 10. The van der Waals surface area contributed by atoms with Crippen molar-refractivity contribution in [2.45, 2.75) is 58.3 Å². The van der Waals surface area contributed by atoms with Gasteiger partial charge in [0.2, 0.25) is 0 Å². The summed E-state index contributed by atoms with van der Waals surface area (Å²) in [5.41, 5.74) is 0. The Morgan fingerprint density at radius 3 is 2.54 bits per heavy atom. The number of ketones is 1. The van der Waals surface area contributed by atoms with E-state index in [0.717, 1.165) is 38.5 Å². The summed E-state index contributed by atoms with van der Waals surface area (Å²) >= 11 is 0. The van der Waals surface area contributed by atoms with Crippen LogP contribution in [0.3, 0.4) is 0 Å². The van der Waals surface area contributed by atoms with Crippen molar-refractivity contribution in [2.75, 3.05) is 7.11 Å². The van der Waals surface area contributed by atoms with E-state index in [9.17, 15) is 9.59 Å². The molecule has 0 bridgehead atoms. The molecule has 4 heteroatoms. The van der Waals surface area contributed by atoms with Crippen LogP contribution in [0.5, 0.6) is 0 Å². The zero-order valence-electron chi connectivity index (χ0n) is 14.6. The number of unbranched alkanes of at least 4 members (excludes halogenated alkanes) is 6. The van der Waals surface area contributed by atoms with Gasteiger partial charge in [-0.25, -0.2) is 0 Å². The predicted molar refractivity (Wildman–Crippen MR) is 94.3 cm³/mol. The van der Waals surface area contributed by atoms with Crippen LogP contribution in [0.2, 0.25) is 0 Å². The average molecular weight is 330 g/mol. The van der Waals surface area contributed by atoms with Gasteiger partial charge in [0.1, 0.15) is 5.76 Å². The molecule has 1 heterocycles. The summed E-state index contributed by atoms with van der Waals surface area (Å²) in [5.74, 6) is 7.24. The van der Waals surface area contributed by atoms with Crippen molar-refractivity contribution >= 4 is 17.8 Å². The molecule has 0 unspecified atom stereocenters. The van der Waals surface area contributed by atoms with Gasteiger partial charge in [-0.3, -0.25) is 9.59 Å². The maximum atomic E-state index is 10.9. The van der Waals surface area contributed by atoms with E-state index in [-0.39, 0.29) is 11.8 Å². The minimum atomic E-state index is -0.122. The maximum Gasteiger partial charge on any atom is 0.305 e. The normalized spacial score (nSPS) is 10.4. The number of allylic oxidation sites excluding steroid dienone is 1. The van der Waals surface area contributed by atoms with Gasteiger partial charge in [0.15, 0.2) is 11.5 Å². The average Bonchev–Trinajstić information content (AvgIpc) is 3.02. The number of hydrogen-bond donors (Lipinski definition) is 0. The quantitative estimate of drug-likeness (QED) is 0.274. The molecule has 1 aromatic heterocycles. The number of ether oxygens (including phenoxy) is 1. The van der Waals surface area contributed by atoms with Crippen molar-refractivity contribution in [2.24, 2.45) is 0 Å². The van der Waals surface area contributed by atoms with Gasteiger partial charge >= 0.3 is 5.97 Å². The Hall–Kier alpha value is -2.28. The van der Waals surface area contributed by atoms with Crippen LogP contribution in [-0.2, 0) is 14.3 Å². The lowest BCUT2D eigenvalue weighted by Crippen LogP contribution is -1.99. The second kappa shape index (κ2) is 12.2. The number of carbonyl (C=O) groups is 2. The molecule has 130 valence electrons. The molecule has 0 radical (unpaired) electrons. The fourth-order valence-corrected chi connectivity index (χ4v) is 2.15. The Kier molecular flexibility index (Phi) is 10.0. The molecule has 0 fully saturated rings. The van der Waals surface area contributed by atoms with E-state index < -0.39 is 0 Å². The molecule has 0 aliphatic heterocycles. The van der Waals surface area contributed by atoms with E-state index in [1.54, 1.807) is 12.1 Å². The summed E-state index contributed by atoms with van der Waals surface area (Å²) in [5, 5.41) is 0. The minimum absolute atomic E-state index is 0.00988. The highest BCUT2D eigenvalue weighted by atomic mass is 16.5. The zero-order chi connectivity index (χ0) is 17.6. The van der Waals surface area contributed by atoms with Gasteiger partial charge in [-0.2, -0.15) is 0 Å². The number of esters is 1. The van der Waals surface area contributed by atoms with Crippen LogP contribution in [0, 0.1) is 11.8 Å². The fourth-order valence-electron chi connectivity index (χ4n) is 2.15. The van der Waals surface area contributed by atoms with Crippen LogP contribution in [-0.4, -0.2) is 18.9 Å². The molecule has 0 aliphatic rings. The van der Waals surface area contributed by atoms with Gasteiger partial charge in [0.05, 0.1) is 7.11 Å². The molecule has 24 heavy (non-hydrogen) atoms. The van der Waals surface area contributed by atoms with Crippen LogP contribution < -0.4 is 0 Å². The van der Waals surface area contributed by atoms with Gasteiger partial charge in [-0.05, 0) is 50.0 Å². The van der Waals surface area contributed by atoms with Crippen molar-refractivity contribution in [1.29, 1.82) is 0 Å². The molecule has 0 saturated heterocycles. The molecule has 0 aromatic carbocycles. The van der Waals surface area contributed by atoms with Crippen molar-refractivity contribution in [3.8, 4) is 11.8 Å². The summed E-state index contributed by atoms with van der Waals surface area (Å²) in [4.78, 5) is 21.8. The summed E-state index contributed by atoms with van der Waals surface area (Å²) < 4.78 is 10.1. The van der Waals surface area contributed by atoms with E-state index in [4.69, 9.17) is 4.42 Å². The third-order valence-electron chi connectivity index (χ3n) is 3.48. The van der Waals surface area contributed by atoms with E-state index in [1.165, 1.54) is 26.5 Å². The number of carbonyl (C=O) groups excluding carboxylic acids is 2. The predicted octanol–water partition coefficient (Wildman–Crippen LogP) is 4.53. The topological polar surface area (TPSA) is 56.5 Å². The smallest absolute Gasteiger partial charge is 0.305 e. The highest BCUT2D eigenvalue weighted by molar-refractivity contribution is 5.91.